The summed E-state index contributed by atoms with van der Waals surface area (Å²) in [6.45, 7) is 14.1. The van der Waals surface area contributed by atoms with Gasteiger partial charge in [0.25, 0.3) is 0 Å². The molecule has 2 aliphatic heterocycles. The largest absolute Gasteiger partial charge is 0.463 e. The number of carbonyl (C=O) groups is 5. The van der Waals surface area contributed by atoms with Crippen molar-refractivity contribution < 1.29 is 33.4 Å². The van der Waals surface area contributed by atoms with Crippen LogP contribution in [0.15, 0.2) is 84.5 Å². The van der Waals surface area contributed by atoms with Crippen molar-refractivity contribution in [3.63, 3.8) is 0 Å². The number of hydrogen-bond acceptors (Lipinski definition) is 9. The molecule has 4 amide bonds. The van der Waals surface area contributed by atoms with Crippen LogP contribution in [0, 0.1) is 59.2 Å². The summed E-state index contributed by atoms with van der Waals surface area (Å²) in [4.78, 5) is 71.0. The Morgan fingerprint density at radius 3 is 1.78 bits per heavy atom. The molecule has 0 unspecified atom stereocenters. The molecule has 55 heavy (non-hydrogen) atoms. The SMILES string of the molecule is C=C[C@H]1/C(=C\C(C)C)[C@@H](C=C[C@H]2/C(=C\C(C)C)[C@@H](/C=C\c3ccccc3)[C@@H]3C(=O)N(CCN)C(=O)[C@@H]32)[C@@H]2C(=O)N(CCNCCC(=O)OCCOC)C(=O)[C@@H]21. The number of nitrogens with two attached hydrogens (primary N) is 1. The zero-order valence-corrected chi connectivity index (χ0v) is 32.9. The van der Waals surface area contributed by atoms with E-state index in [4.69, 9.17) is 15.2 Å². The Bertz CT molecular complexity index is 1710. The standard InChI is InChI=1S/C44H58N4O7/c1-7-30-34(25-27(2)3)32(38-37(30)41(50)48(44(38)53)22-20-46-19-17-36(49)55-24-23-54-6)15-16-33-35(26-28(4)5)31(14-13-29-11-9-8-10-12-29)39-40(33)43(52)47(21-18-45)42(39)51/h7-16,25-28,30-33,37-40,46H,1,17-24,45H2,2-6H3/b14-13-,16-15?,34-25+,35-26-/t30-,31+,32+,33-,37+,38-,39-,40+/m0/s1. The van der Waals surface area contributed by atoms with Gasteiger partial charge in [-0.25, -0.2) is 0 Å². The van der Waals surface area contributed by atoms with E-state index in [1.807, 2.05) is 48.6 Å². The van der Waals surface area contributed by atoms with Crippen molar-refractivity contribution in [2.45, 2.75) is 34.1 Å². The fraction of sp³-hybridized carbons (Fsp3) is 0.523. The minimum absolute atomic E-state index is 0.150. The summed E-state index contributed by atoms with van der Waals surface area (Å²) in [6.07, 6.45) is 14.4. The minimum atomic E-state index is -0.634. The smallest absolute Gasteiger partial charge is 0.307 e. The van der Waals surface area contributed by atoms with Crippen molar-refractivity contribution in [2.24, 2.45) is 64.9 Å². The molecule has 0 spiro atoms. The first kappa shape index (κ1) is 41.7. The van der Waals surface area contributed by atoms with Crippen LogP contribution in [0.5, 0.6) is 0 Å². The number of likely N-dealkylation sites (tertiary alicyclic amines) is 2. The maximum atomic E-state index is 14.2. The quantitative estimate of drug-likeness (QED) is 0.0962. The number of amides is 4. The van der Waals surface area contributed by atoms with Crippen LogP contribution >= 0.6 is 0 Å². The first-order valence-electron chi connectivity index (χ1n) is 19.7. The molecule has 2 aliphatic carbocycles. The van der Waals surface area contributed by atoms with E-state index in [2.05, 4.69) is 57.8 Å². The molecule has 8 atom stereocenters. The average Bonchev–Trinajstić information content (AvgIpc) is 3.78. The third kappa shape index (κ3) is 9.00. The molecular weight excluding hydrogens is 697 g/mol. The lowest BCUT2D eigenvalue weighted by molar-refractivity contribution is -0.145. The zero-order chi connectivity index (χ0) is 39.8. The van der Waals surface area contributed by atoms with E-state index < -0.39 is 35.5 Å². The number of fused-ring (bicyclic) bond motifs is 2. The lowest BCUT2D eigenvalue weighted by Crippen LogP contribution is -2.39. The Balaban J connectivity index is 1.45. The number of benzene rings is 1. The van der Waals surface area contributed by atoms with Gasteiger partial charge < -0.3 is 20.5 Å². The van der Waals surface area contributed by atoms with Crippen molar-refractivity contribution in [3.8, 4) is 0 Å². The lowest BCUT2D eigenvalue weighted by atomic mass is 9.84. The molecule has 0 radical (unpaired) electrons. The van der Waals surface area contributed by atoms with Crippen LogP contribution in [0.4, 0.5) is 0 Å². The van der Waals surface area contributed by atoms with Gasteiger partial charge in [-0.3, -0.25) is 33.8 Å². The number of rotatable bonds is 18. The number of ether oxygens (including phenoxy) is 2. The topological polar surface area (TPSA) is 148 Å². The van der Waals surface area contributed by atoms with Crippen LogP contribution in [0.25, 0.3) is 6.08 Å². The number of imide groups is 2. The lowest BCUT2D eigenvalue weighted by Gasteiger charge is -2.23. The Morgan fingerprint density at radius 1 is 0.764 bits per heavy atom. The number of hydrogen-bond donors (Lipinski definition) is 2. The van der Waals surface area contributed by atoms with E-state index in [0.29, 0.717) is 19.7 Å². The number of allylic oxidation sites excluding steroid dienone is 8. The Kier molecular flexibility index (Phi) is 14.4. The molecule has 4 aliphatic rings. The predicted molar refractivity (Wildman–Crippen MR) is 211 cm³/mol. The molecule has 4 fully saturated rings. The normalized spacial score (nSPS) is 29.4. The van der Waals surface area contributed by atoms with Gasteiger partial charge in [0.05, 0.1) is 36.7 Å². The van der Waals surface area contributed by atoms with Crippen molar-refractivity contribution >= 4 is 35.7 Å². The van der Waals surface area contributed by atoms with Gasteiger partial charge in [0, 0.05) is 63.5 Å². The number of nitrogens with one attached hydrogen (secondary N) is 1. The molecule has 2 saturated heterocycles. The number of methoxy groups -OCH3 is 1. The molecule has 2 saturated carbocycles. The number of esters is 1. The summed E-state index contributed by atoms with van der Waals surface area (Å²) in [5.41, 5.74) is 8.86. The van der Waals surface area contributed by atoms with E-state index >= 15 is 0 Å². The Morgan fingerprint density at radius 2 is 1.27 bits per heavy atom. The van der Waals surface area contributed by atoms with E-state index in [-0.39, 0.29) is 85.9 Å². The third-order valence-electron chi connectivity index (χ3n) is 11.1. The molecule has 2 heterocycles. The fourth-order valence-corrected chi connectivity index (χ4v) is 8.93. The second-order valence-electron chi connectivity index (χ2n) is 15.6. The van der Waals surface area contributed by atoms with E-state index in [9.17, 15) is 24.0 Å². The Hall–Kier alpha value is -4.45. The first-order chi connectivity index (χ1) is 26.4. The summed E-state index contributed by atoms with van der Waals surface area (Å²) in [5, 5.41) is 3.15. The summed E-state index contributed by atoms with van der Waals surface area (Å²) >= 11 is 0. The summed E-state index contributed by atoms with van der Waals surface area (Å²) in [5.74, 6) is -4.82. The van der Waals surface area contributed by atoms with Gasteiger partial charge in [0.1, 0.15) is 6.61 Å². The zero-order valence-electron chi connectivity index (χ0n) is 32.9. The molecule has 1 aromatic rings. The molecular formula is C44H58N4O7. The van der Waals surface area contributed by atoms with Crippen LogP contribution in [0.1, 0.15) is 39.7 Å². The monoisotopic (exact) mass is 754 g/mol. The summed E-state index contributed by atoms with van der Waals surface area (Å²) in [6, 6.07) is 9.89. The fourth-order valence-electron chi connectivity index (χ4n) is 8.93. The minimum Gasteiger partial charge on any atom is -0.463 e. The molecule has 296 valence electrons. The highest BCUT2D eigenvalue weighted by molar-refractivity contribution is 6.08. The Labute approximate surface area is 325 Å². The van der Waals surface area contributed by atoms with Gasteiger partial charge >= 0.3 is 5.97 Å². The highest BCUT2D eigenvalue weighted by Gasteiger charge is 2.61. The highest BCUT2D eigenvalue weighted by atomic mass is 16.6. The van der Waals surface area contributed by atoms with Crippen LogP contribution in [0.2, 0.25) is 0 Å². The van der Waals surface area contributed by atoms with Crippen molar-refractivity contribution in [2.75, 3.05) is 53.0 Å². The van der Waals surface area contributed by atoms with Gasteiger partial charge in [-0.15, -0.1) is 6.58 Å². The van der Waals surface area contributed by atoms with E-state index in [1.165, 1.54) is 16.9 Å². The van der Waals surface area contributed by atoms with Crippen LogP contribution in [-0.4, -0.2) is 92.4 Å². The number of carbonyl (C=O) groups excluding carboxylic acids is 5. The van der Waals surface area contributed by atoms with E-state index in [1.54, 1.807) is 6.08 Å². The molecule has 11 nitrogen and oxygen atoms in total. The van der Waals surface area contributed by atoms with Gasteiger partial charge in [-0.05, 0) is 17.4 Å². The molecule has 1 aromatic carbocycles. The molecule has 0 aromatic heterocycles. The third-order valence-corrected chi connectivity index (χ3v) is 11.1. The summed E-state index contributed by atoms with van der Waals surface area (Å²) in [7, 11) is 1.53. The molecule has 11 heteroatoms. The van der Waals surface area contributed by atoms with Crippen molar-refractivity contribution in [1.82, 2.24) is 15.1 Å². The van der Waals surface area contributed by atoms with E-state index in [0.717, 1.165) is 16.7 Å². The van der Waals surface area contributed by atoms with Gasteiger partial charge in [0.2, 0.25) is 23.6 Å². The maximum absolute atomic E-state index is 14.2. The first-order valence-corrected chi connectivity index (χ1v) is 19.7. The van der Waals surface area contributed by atoms with Crippen LogP contribution < -0.4 is 11.1 Å². The molecule has 0 bridgehead atoms. The van der Waals surface area contributed by atoms with Gasteiger partial charge in [-0.1, -0.05) is 112 Å². The van der Waals surface area contributed by atoms with Crippen molar-refractivity contribution in [1.29, 1.82) is 0 Å². The maximum Gasteiger partial charge on any atom is 0.307 e. The average molecular weight is 755 g/mol. The highest BCUT2D eigenvalue weighted by Crippen LogP contribution is 2.55. The van der Waals surface area contributed by atoms with Crippen LogP contribution in [0.3, 0.4) is 0 Å². The van der Waals surface area contributed by atoms with Gasteiger partial charge in [-0.2, -0.15) is 0 Å². The van der Waals surface area contributed by atoms with Crippen LogP contribution in [-0.2, 0) is 33.4 Å². The second-order valence-corrected chi connectivity index (χ2v) is 15.6. The van der Waals surface area contributed by atoms with Gasteiger partial charge in [0.15, 0.2) is 0 Å². The number of nitrogens with zero attached hydrogens (tertiary/aromatic N) is 2. The predicted octanol–water partition coefficient (Wildman–Crippen LogP) is 4.43. The molecule has 3 N–H and O–H groups in total. The molecule has 5 rings (SSSR count). The summed E-state index contributed by atoms with van der Waals surface area (Å²) < 4.78 is 10.0. The van der Waals surface area contributed by atoms with Crippen molar-refractivity contribution in [3.05, 3.63) is 90.1 Å². The second kappa shape index (κ2) is 18.9.